The lowest BCUT2D eigenvalue weighted by Gasteiger charge is -2.20. The molecule has 1 saturated heterocycles. The van der Waals surface area contributed by atoms with Crippen molar-refractivity contribution in [1.82, 2.24) is 4.90 Å². The first-order valence-electron chi connectivity index (χ1n) is 5.40. The van der Waals surface area contributed by atoms with E-state index >= 15 is 0 Å². The summed E-state index contributed by atoms with van der Waals surface area (Å²) >= 11 is 0. The molecular formula is C10H19NO4. The summed E-state index contributed by atoms with van der Waals surface area (Å²) in [5, 5.41) is 9.42. The minimum absolute atomic E-state index is 0.135. The summed E-state index contributed by atoms with van der Waals surface area (Å²) < 4.78 is 10.3. The van der Waals surface area contributed by atoms with Crippen molar-refractivity contribution in [2.45, 2.75) is 32.5 Å². The van der Waals surface area contributed by atoms with Gasteiger partial charge in [-0.25, -0.2) is 4.79 Å². The minimum Gasteiger partial charge on any atom is -0.447 e. The molecule has 1 amide bonds. The lowest BCUT2D eigenvalue weighted by Crippen LogP contribution is -2.35. The van der Waals surface area contributed by atoms with Crippen LogP contribution < -0.4 is 0 Å². The summed E-state index contributed by atoms with van der Waals surface area (Å²) in [6, 6.07) is 0. The van der Waals surface area contributed by atoms with Gasteiger partial charge in [0.1, 0.15) is 12.7 Å². The maximum atomic E-state index is 11.4. The molecule has 15 heavy (non-hydrogen) atoms. The second-order valence-corrected chi connectivity index (χ2v) is 3.51. The Labute approximate surface area is 90.0 Å². The minimum atomic E-state index is -0.505. The number of aliphatic hydroxyl groups is 1. The van der Waals surface area contributed by atoms with Crippen molar-refractivity contribution in [3.8, 4) is 0 Å². The smallest absolute Gasteiger partial charge is 0.409 e. The molecule has 5 nitrogen and oxygen atoms in total. The normalized spacial score (nSPS) is 25.3. The van der Waals surface area contributed by atoms with E-state index in [4.69, 9.17) is 9.47 Å². The number of carbonyl (C=O) groups is 1. The molecule has 0 aliphatic carbocycles. The lowest BCUT2D eigenvalue weighted by atomic mass is 10.2. The Morgan fingerprint density at radius 3 is 2.67 bits per heavy atom. The molecule has 1 N–H and O–H groups in total. The van der Waals surface area contributed by atoms with Crippen LogP contribution in [0, 0.1) is 0 Å². The van der Waals surface area contributed by atoms with Crippen LogP contribution in [0.2, 0.25) is 0 Å². The summed E-state index contributed by atoms with van der Waals surface area (Å²) in [4.78, 5) is 13.0. The number of hydrogen-bond donors (Lipinski definition) is 1. The van der Waals surface area contributed by atoms with Gasteiger partial charge in [-0.2, -0.15) is 0 Å². The Morgan fingerprint density at radius 2 is 2.20 bits per heavy atom. The van der Waals surface area contributed by atoms with Crippen LogP contribution in [0.1, 0.15) is 20.3 Å². The van der Waals surface area contributed by atoms with Crippen molar-refractivity contribution >= 4 is 6.09 Å². The highest BCUT2D eigenvalue weighted by atomic mass is 16.6. The summed E-state index contributed by atoms with van der Waals surface area (Å²) in [6.07, 6.45) is -0.588. The van der Waals surface area contributed by atoms with Gasteiger partial charge in [0.25, 0.3) is 0 Å². The van der Waals surface area contributed by atoms with E-state index in [-0.39, 0.29) is 18.8 Å². The molecule has 0 saturated carbocycles. The van der Waals surface area contributed by atoms with E-state index in [1.54, 1.807) is 4.90 Å². The third kappa shape index (κ3) is 3.35. The first-order chi connectivity index (χ1) is 7.19. The van der Waals surface area contributed by atoms with Crippen molar-refractivity contribution < 1.29 is 19.4 Å². The van der Waals surface area contributed by atoms with Crippen LogP contribution in [0.5, 0.6) is 0 Å². The van der Waals surface area contributed by atoms with Gasteiger partial charge in [-0.3, -0.25) is 0 Å². The molecule has 0 aromatic carbocycles. The molecule has 88 valence electrons. The highest BCUT2D eigenvalue weighted by Gasteiger charge is 2.27. The fourth-order valence-electron chi connectivity index (χ4n) is 1.52. The largest absolute Gasteiger partial charge is 0.447 e. The van der Waals surface area contributed by atoms with Crippen LogP contribution in [0.15, 0.2) is 0 Å². The molecule has 1 rings (SSSR count). The molecule has 0 aromatic rings. The molecule has 0 spiro atoms. The third-order valence-corrected chi connectivity index (χ3v) is 2.57. The summed E-state index contributed by atoms with van der Waals surface area (Å²) in [6.45, 7) is 5.72. The Bertz CT molecular complexity index is 206. The average Bonchev–Trinajstić information content (AvgIpc) is 2.63. The van der Waals surface area contributed by atoms with Crippen LogP contribution >= 0.6 is 0 Å². The SMILES string of the molecule is CCN(CC)C(=O)OCC1OCCC1O. The Kier molecular flexibility index (Phi) is 4.84. The van der Waals surface area contributed by atoms with E-state index in [0.29, 0.717) is 26.1 Å². The molecule has 1 aliphatic heterocycles. The van der Waals surface area contributed by atoms with Crippen molar-refractivity contribution in [3.05, 3.63) is 0 Å². The Morgan fingerprint density at radius 1 is 1.53 bits per heavy atom. The maximum Gasteiger partial charge on any atom is 0.409 e. The molecule has 1 fully saturated rings. The van der Waals surface area contributed by atoms with Crippen molar-refractivity contribution in [2.24, 2.45) is 0 Å². The number of hydrogen-bond acceptors (Lipinski definition) is 4. The van der Waals surface area contributed by atoms with Crippen LogP contribution in [0.4, 0.5) is 4.79 Å². The first kappa shape index (κ1) is 12.3. The Hall–Kier alpha value is -0.810. The van der Waals surface area contributed by atoms with Crippen LogP contribution in [0.3, 0.4) is 0 Å². The van der Waals surface area contributed by atoms with Crippen LogP contribution in [-0.4, -0.2) is 54.6 Å². The average molecular weight is 217 g/mol. The number of rotatable bonds is 4. The van der Waals surface area contributed by atoms with Gasteiger partial charge in [0, 0.05) is 19.7 Å². The van der Waals surface area contributed by atoms with E-state index in [1.165, 1.54) is 0 Å². The summed E-state index contributed by atoms with van der Waals surface area (Å²) in [7, 11) is 0. The van der Waals surface area contributed by atoms with Crippen molar-refractivity contribution in [3.63, 3.8) is 0 Å². The van der Waals surface area contributed by atoms with Crippen LogP contribution in [0.25, 0.3) is 0 Å². The molecule has 1 heterocycles. The van der Waals surface area contributed by atoms with E-state index < -0.39 is 6.10 Å². The van der Waals surface area contributed by atoms with E-state index in [0.717, 1.165) is 0 Å². The fraction of sp³-hybridized carbons (Fsp3) is 0.900. The molecule has 5 heteroatoms. The standard InChI is InChI=1S/C10H19NO4/c1-3-11(4-2)10(13)15-7-9-8(12)5-6-14-9/h8-9,12H,3-7H2,1-2H3. The van der Waals surface area contributed by atoms with Crippen molar-refractivity contribution in [1.29, 1.82) is 0 Å². The Balaban J connectivity index is 2.26. The summed E-state index contributed by atoms with van der Waals surface area (Å²) in [5.41, 5.74) is 0. The van der Waals surface area contributed by atoms with Gasteiger partial charge in [-0.1, -0.05) is 0 Å². The number of nitrogens with zero attached hydrogens (tertiary/aromatic N) is 1. The van der Waals surface area contributed by atoms with Gasteiger partial charge in [-0.05, 0) is 20.3 Å². The number of carbonyl (C=O) groups excluding carboxylic acids is 1. The van der Waals surface area contributed by atoms with Crippen LogP contribution in [-0.2, 0) is 9.47 Å². The zero-order valence-corrected chi connectivity index (χ0v) is 9.31. The topological polar surface area (TPSA) is 59.0 Å². The predicted molar refractivity (Wildman–Crippen MR) is 54.6 cm³/mol. The van der Waals surface area contributed by atoms with Gasteiger partial charge in [0.2, 0.25) is 0 Å². The molecule has 0 radical (unpaired) electrons. The molecule has 0 bridgehead atoms. The second-order valence-electron chi connectivity index (χ2n) is 3.51. The molecule has 2 unspecified atom stereocenters. The fourth-order valence-corrected chi connectivity index (χ4v) is 1.52. The highest BCUT2D eigenvalue weighted by Crippen LogP contribution is 2.13. The first-order valence-corrected chi connectivity index (χ1v) is 5.40. The van der Waals surface area contributed by atoms with Gasteiger partial charge in [0.05, 0.1) is 6.10 Å². The number of aliphatic hydroxyl groups excluding tert-OH is 1. The monoisotopic (exact) mass is 217 g/mol. The zero-order chi connectivity index (χ0) is 11.3. The second kappa shape index (κ2) is 5.92. The van der Waals surface area contributed by atoms with Crippen molar-refractivity contribution in [2.75, 3.05) is 26.3 Å². The van der Waals surface area contributed by atoms with Gasteiger partial charge < -0.3 is 19.5 Å². The third-order valence-electron chi connectivity index (χ3n) is 2.57. The van der Waals surface area contributed by atoms with Gasteiger partial charge >= 0.3 is 6.09 Å². The predicted octanol–water partition coefficient (Wildman–Crippen LogP) is 0.615. The summed E-state index contributed by atoms with van der Waals surface area (Å²) in [5.74, 6) is 0. The van der Waals surface area contributed by atoms with Gasteiger partial charge in [-0.15, -0.1) is 0 Å². The zero-order valence-electron chi connectivity index (χ0n) is 9.31. The molecule has 2 atom stereocenters. The molecule has 1 aliphatic rings. The number of amides is 1. The van der Waals surface area contributed by atoms with Gasteiger partial charge in [0.15, 0.2) is 0 Å². The van der Waals surface area contributed by atoms with E-state index in [1.807, 2.05) is 13.8 Å². The highest BCUT2D eigenvalue weighted by molar-refractivity contribution is 5.67. The lowest BCUT2D eigenvalue weighted by molar-refractivity contribution is -0.00975. The molecule has 0 aromatic heterocycles. The quantitative estimate of drug-likeness (QED) is 0.749. The molecular weight excluding hydrogens is 198 g/mol. The van der Waals surface area contributed by atoms with E-state index in [2.05, 4.69) is 0 Å². The van der Waals surface area contributed by atoms with E-state index in [9.17, 15) is 9.90 Å². The maximum absolute atomic E-state index is 11.4. The number of ether oxygens (including phenoxy) is 2.